The number of ether oxygens (including phenoxy) is 3. The summed E-state index contributed by atoms with van der Waals surface area (Å²) in [6.45, 7) is 0. The number of amides is 1. The number of halogens is 3. The van der Waals surface area contributed by atoms with E-state index in [4.69, 9.17) is 49.0 Å². The van der Waals surface area contributed by atoms with Crippen molar-refractivity contribution in [1.82, 2.24) is 5.43 Å². The minimum absolute atomic E-state index is 0.335. The molecule has 0 atom stereocenters. The Morgan fingerprint density at radius 1 is 0.711 bits per heavy atom. The number of benzene rings is 4. The van der Waals surface area contributed by atoms with E-state index in [-0.39, 0.29) is 0 Å². The monoisotopic (exact) mass is 568 g/mol. The van der Waals surface area contributed by atoms with Gasteiger partial charge in [-0.25, -0.2) is 10.2 Å². The van der Waals surface area contributed by atoms with Gasteiger partial charge in [-0.05, 0) is 96.6 Å². The topological polar surface area (TPSA) is 86.2 Å². The Balaban J connectivity index is 1.38. The summed E-state index contributed by atoms with van der Waals surface area (Å²) in [5.74, 6) is -0.110. The molecule has 0 unspecified atom stereocenters. The Morgan fingerprint density at radius 2 is 1.26 bits per heavy atom. The van der Waals surface area contributed by atoms with Crippen molar-refractivity contribution in [1.29, 1.82) is 0 Å². The first kappa shape index (κ1) is 27.0. The van der Waals surface area contributed by atoms with E-state index in [9.17, 15) is 9.59 Å². The minimum atomic E-state index is -1.36. The standard InChI is InChI=1S/C28H19Cl3N2O5/c29-20-6-12-24(13-7-20)37-28(38-25-14-8-21(30)9-15-25)26(34)33-32-17-18-4-10-23(11-5-18)36-27(35)19-2-1-3-22(31)16-19/h1-17,28H,(H,33,34)/b32-17-. The summed E-state index contributed by atoms with van der Waals surface area (Å²) in [7, 11) is 0. The first-order chi connectivity index (χ1) is 18.4. The average Bonchev–Trinajstić information content (AvgIpc) is 2.91. The van der Waals surface area contributed by atoms with Crippen LogP contribution in [0.1, 0.15) is 15.9 Å². The van der Waals surface area contributed by atoms with E-state index in [1.54, 1.807) is 91.0 Å². The molecule has 1 amide bonds. The van der Waals surface area contributed by atoms with Crippen molar-refractivity contribution in [3.8, 4) is 17.2 Å². The zero-order valence-electron chi connectivity index (χ0n) is 19.5. The van der Waals surface area contributed by atoms with Crippen molar-refractivity contribution in [3.63, 3.8) is 0 Å². The van der Waals surface area contributed by atoms with Crippen LogP contribution in [0.5, 0.6) is 17.2 Å². The van der Waals surface area contributed by atoms with E-state index in [0.717, 1.165) is 0 Å². The third kappa shape index (κ3) is 7.98. The largest absolute Gasteiger partial charge is 0.446 e. The minimum Gasteiger partial charge on any atom is -0.446 e. The molecule has 0 radical (unpaired) electrons. The molecule has 0 spiro atoms. The zero-order valence-corrected chi connectivity index (χ0v) is 21.8. The number of rotatable bonds is 9. The molecular formula is C28H19Cl3N2O5. The summed E-state index contributed by atoms with van der Waals surface area (Å²) in [4.78, 5) is 25.1. The zero-order chi connectivity index (χ0) is 26.9. The molecule has 192 valence electrons. The lowest BCUT2D eigenvalue weighted by atomic mass is 10.2. The molecule has 4 aromatic carbocycles. The van der Waals surface area contributed by atoms with Gasteiger partial charge < -0.3 is 14.2 Å². The van der Waals surface area contributed by atoms with E-state index < -0.39 is 18.2 Å². The fraction of sp³-hybridized carbons (Fsp3) is 0.0357. The number of esters is 1. The second kappa shape index (κ2) is 13.0. The highest BCUT2D eigenvalue weighted by molar-refractivity contribution is 6.31. The molecule has 0 aliphatic carbocycles. The molecule has 7 nitrogen and oxygen atoms in total. The highest BCUT2D eigenvalue weighted by Gasteiger charge is 2.22. The Kier molecular flexibility index (Phi) is 9.21. The van der Waals surface area contributed by atoms with Crippen LogP contribution in [0, 0.1) is 0 Å². The average molecular weight is 570 g/mol. The lowest BCUT2D eigenvalue weighted by Crippen LogP contribution is -2.40. The van der Waals surface area contributed by atoms with Gasteiger partial charge in [0.15, 0.2) is 0 Å². The predicted octanol–water partition coefficient (Wildman–Crippen LogP) is 6.80. The van der Waals surface area contributed by atoms with Crippen molar-refractivity contribution < 1.29 is 23.8 Å². The number of carbonyl (C=O) groups excluding carboxylic acids is 2. The fourth-order valence-corrected chi connectivity index (χ4v) is 3.47. The van der Waals surface area contributed by atoms with Crippen LogP contribution < -0.4 is 19.6 Å². The van der Waals surface area contributed by atoms with Gasteiger partial charge in [-0.3, -0.25) is 4.79 Å². The number of hydrazone groups is 1. The van der Waals surface area contributed by atoms with Gasteiger partial charge in [0.2, 0.25) is 0 Å². The van der Waals surface area contributed by atoms with Gasteiger partial charge >= 0.3 is 18.2 Å². The number of nitrogens with zero attached hydrogens (tertiary/aromatic N) is 1. The summed E-state index contributed by atoms with van der Waals surface area (Å²) < 4.78 is 16.8. The molecule has 10 heteroatoms. The number of nitrogens with one attached hydrogen (secondary N) is 1. The van der Waals surface area contributed by atoms with Gasteiger partial charge in [-0.2, -0.15) is 5.10 Å². The Morgan fingerprint density at radius 3 is 1.82 bits per heavy atom. The molecule has 4 aromatic rings. The molecule has 38 heavy (non-hydrogen) atoms. The normalized spacial score (nSPS) is 10.8. The molecule has 4 rings (SSSR count). The molecule has 0 aromatic heterocycles. The molecule has 0 aliphatic rings. The van der Waals surface area contributed by atoms with Gasteiger partial charge in [0.1, 0.15) is 17.2 Å². The van der Waals surface area contributed by atoms with Gasteiger partial charge in [0.25, 0.3) is 0 Å². The van der Waals surface area contributed by atoms with Crippen molar-refractivity contribution >= 4 is 52.9 Å². The molecule has 0 saturated heterocycles. The van der Waals surface area contributed by atoms with Crippen molar-refractivity contribution in [2.75, 3.05) is 0 Å². The van der Waals surface area contributed by atoms with E-state index in [2.05, 4.69) is 10.5 Å². The summed E-state index contributed by atoms with van der Waals surface area (Å²) in [5.41, 5.74) is 3.37. The first-order valence-corrected chi connectivity index (χ1v) is 12.2. The van der Waals surface area contributed by atoms with Crippen LogP contribution in [-0.2, 0) is 4.79 Å². The lowest BCUT2D eigenvalue weighted by molar-refractivity contribution is -0.140. The SMILES string of the molecule is O=C(Oc1ccc(/C=N\NC(=O)C(Oc2ccc(Cl)cc2)Oc2ccc(Cl)cc2)cc1)c1cccc(Cl)c1. The fourth-order valence-electron chi connectivity index (χ4n) is 3.03. The number of hydrogen-bond donors (Lipinski definition) is 1. The molecular weight excluding hydrogens is 551 g/mol. The Labute approximate surface area is 233 Å². The summed E-state index contributed by atoms with van der Waals surface area (Å²) in [5, 5.41) is 5.45. The molecule has 0 aliphatic heterocycles. The summed E-state index contributed by atoms with van der Waals surface area (Å²) in [6, 6.07) is 25.9. The van der Waals surface area contributed by atoms with E-state index in [0.29, 0.717) is 43.4 Å². The van der Waals surface area contributed by atoms with E-state index >= 15 is 0 Å². The second-order valence-corrected chi connectivity index (χ2v) is 8.99. The molecule has 0 bridgehead atoms. The highest BCUT2D eigenvalue weighted by Crippen LogP contribution is 2.21. The number of carbonyl (C=O) groups is 2. The summed E-state index contributed by atoms with van der Waals surface area (Å²) in [6.07, 6.45) is 0.0602. The van der Waals surface area contributed by atoms with Crippen LogP contribution in [0.2, 0.25) is 15.1 Å². The maximum absolute atomic E-state index is 12.8. The molecule has 0 saturated carbocycles. The van der Waals surface area contributed by atoms with Gasteiger partial charge in [0.05, 0.1) is 11.8 Å². The van der Waals surface area contributed by atoms with Gasteiger partial charge in [-0.15, -0.1) is 0 Å². The van der Waals surface area contributed by atoms with Crippen molar-refractivity contribution in [2.45, 2.75) is 6.29 Å². The van der Waals surface area contributed by atoms with Crippen LogP contribution in [0.25, 0.3) is 0 Å². The predicted molar refractivity (Wildman–Crippen MR) is 147 cm³/mol. The molecule has 0 heterocycles. The van der Waals surface area contributed by atoms with E-state index in [1.165, 1.54) is 12.3 Å². The number of hydrogen-bond acceptors (Lipinski definition) is 6. The Hall–Kier alpha value is -4.04. The highest BCUT2D eigenvalue weighted by atomic mass is 35.5. The van der Waals surface area contributed by atoms with Crippen LogP contribution in [0.4, 0.5) is 0 Å². The Bertz CT molecular complexity index is 1380. The van der Waals surface area contributed by atoms with E-state index in [1.807, 2.05) is 0 Å². The molecule has 1 N–H and O–H groups in total. The molecule has 0 fully saturated rings. The van der Waals surface area contributed by atoms with Crippen LogP contribution in [-0.4, -0.2) is 24.4 Å². The third-order valence-electron chi connectivity index (χ3n) is 4.87. The van der Waals surface area contributed by atoms with Gasteiger partial charge in [-0.1, -0.05) is 40.9 Å². The van der Waals surface area contributed by atoms with Crippen molar-refractivity contribution in [3.05, 3.63) is 123 Å². The smallest absolute Gasteiger partial charge is 0.343 e. The quantitative estimate of drug-likeness (QED) is 0.0788. The van der Waals surface area contributed by atoms with Crippen LogP contribution in [0.15, 0.2) is 102 Å². The maximum atomic E-state index is 12.8. The summed E-state index contributed by atoms with van der Waals surface area (Å²) >= 11 is 17.8. The van der Waals surface area contributed by atoms with Crippen molar-refractivity contribution in [2.24, 2.45) is 5.10 Å². The maximum Gasteiger partial charge on any atom is 0.343 e. The lowest BCUT2D eigenvalue weighted by Gasteiger charge is -2.19. The second-order valence-electron chi connectivity index (χ2n) is 7.68. The van der Waals surface area contributed by atoms with Crippen LogP contribution in [0.3, 0.4) is 0 Å². The van der Waals surface area contributed by atoms with Crippen LogP contribution >= 0.6 is 34.8 Å². The third-order valence-corrected chi connectivity index (χ3v) is 5.61. The van der Waals surface area contributed by atoms with Gasteiger partial charge in [0, 0.05) is 15.1 Å². The first-order valence-electron chi connectivity index (χ1n) is 11.1.